The van der Waals surface area contributed by atoms with Crippen molar-refractivity contribution in [1.29, 1.82) is 5.26 Å². The Morgan fingerprint density at radius 3 is 2.80 bits per heavy atom. The second-order valence-corrected chi connectivity index (χ2v) is 3.94. The first kappa shape index (κ1) is 15.7. The molecule has 1 atom stereocenters. The first-order valence-corrected chi connectivity index (χ1v) is 5.84. The zero-order chi connectivity index (χ0) is 15.1. The summed E-state index contributed by atoms with van der Waals surface area (Å²) < 4.78 is 4.87. The van der Waals surface area contributed by atoms with Crippen molar-refractivity contribution in [3.8, 4) is 17.6 Å². The number of benzene rings is 1. The van der Waals surface area contributed by atoms with Crippen molar-refractivity contribution >= 4 is 5.69 Å². The van der Waals surface area contributed by atoms with E-state index in [0.29, 0.717) is 18.5 Å². The van der Waals surface area contributed by atoms with Gasteiger partial charge in [0.05, 0.1) is 18.1 Å². The van der Waals surface area contributed by atoms with E-state index in [0.717, 1.165) is 6.07 Å². The second-order valence-electron chi connectivity index (χ2n) is 3.94. The number of rotatable bonds is 7. The highest BCUT2D eigenvalue weighted by atomic mass is 16.6. The van der Waals surface area contributed by atoms with Gasteiger partial charge in [0.2, 0.25) is 5.75 Å². The van der Waals surface area contributed by atoms with Crippen molar-refractivity contribution in [3.05, 3.63) is 27.8 Å². The lowest BCUT2D eigenvalue weighted by Crippen LogP contribution is -2.22. The van der Waals surface area contributed by atoms with Crippen LogP contribution in [0.4, 0.5) is 5.69 Å². The molecule has 0 heterocycles. The molecule has 20 heavy (non-hydrogen) atoms. The Kier molecular flexibility index (Phi) is 5.71. The molecule has 3 N–H and O–H groups in total. The second kappa shape index (κ2) is 7.28. The molecule has 0 aliphatic heterocycles. The van der Waals surface area contributed by atoms with Crippen molar-refractivity contribution in [2.75, 3.05) is 20.3 Å². The average molecular weight is 281 g/mol. The smallest absolute Gasteiger partial charge is 0.315 e. The van der Waals surface area contributed by atoms with Gasteiger partial charge in [0.25, 0.3) is 0 Å². The minimum Gasteiger partial charge on any atom is -0.500 e. The lowest BCUT2D eigenvalue weighted by Gasteiger charge is -2.13. The predicted octanol–water partition coefficient (Wildman–Crippen LogP) is 0.846. The third kappa shape index (κ3) is 3.57. The number of nitrogens with one attached hydrogen (secondary N) is 1. The standard InChI is InChI=1S/C12H15N3O5/c1-20-11-6-8(5-10(12(11)17)15(18)19)9(7-13)14-3-2-4-16/h5-6,9,14,16-17H,2-4H2,1H3. The van der Waals surface area contributed by atoms with E-state index in [1.807, 2.05) is 6.07 Å². The Hall–Kier alpha value is -2.37. The Bertz CT molecular complexity index is 527. The Balaban J connectivity index is 3.13. The summed E-state index contributed by atoms with van der Waals surface area (Å²) in [6.07, 6.45) is 0.454. The summed E-state index contributed by atoms with van der Waals surface area (Å²) in [5, 5.41) is 41.1. The van der Waals surface area contributed by atoms with Gasteiger partial charge < -0.3 is 14.9 Å². The van der Waals surface area contributed by atoms with Gasteiger partial charge in [-0.1, -0.05) is 0 Å². The lowest BCUT2D eigenvalue weighted by atomic mass is 10.1. The summed E-state index contributed by atoms with van der Waals surface area (Å²) in [5.74, 6) is -0.647. The van der Waals surface area contributed by atoms with E-state index in [-0.39, 0.29) is 12.4 Å². The number of aliphatic hydroxyl groups excluding tert-OH is 1. The van der Waals surface area contributed by atoms with Crippen LogP contribution in [0.15, 0.2) is 12.1 Å². The Morgan fingerprint density at radius 1 is 1.60 bits per heavy atom. The molecule has 0 saturated carbocycles. The summed E-state index contributed by atoms with van der Waals surface area (Å²) in [7, 11) is 1.27. The quantitative estimate of drug-likeness (QED) is 0.383. The summed E-state index contributed by atoms with van der Waals surface area (Å²) in [4.78, 5) is 10.1. The van der Waals surface area contributed by atoms with Gasteiger partial charge in [-0.15, -0.1) is 0 Å². The van der Waals surface area contributed by atoms with Gasteiger partial charge >= 0.3 is 5.69 Å². The molecule has 0 aromatic heterocycles. The largest absolute Gasteiger partial charge is 0.500 e. The maximum Gasteiger partial charge on any atom is 0.315 e. The maximum atomic E-state index is 10.9. The van der Waals surface area contributed by atoms with Gasteiger partial charge in [0.1, 0.15) is 6.04 Å². The molecule has 0 aliphatic carbocycles. The van der Waals surface area contributed by atoms with Crippen LogP contribution < -0.4 is 10.1 Å². The number of methoxy groups -OCH3 is 1. The molecule has 0 aliphatic rings. The zero-order valence-electron chi connectivity index (χ0n) is 10.9. The fourth-order valence-corrected chi connectivity index (χ4v) is 1.64. The molecule has 108 valence electrons. The van der Waals surface area contributed by atoms with E-state index < -0.39 is 22.4 Å². The van der Waals surface area contributed by atoms with E-state index in [2.05, 4.69) is 5.32 Å². The van der Waals surface area contributed by atoms with E-state index in [1.165, 1.54) is 13.2 Å². The van der Waals surface area contributed by atoms with Crippen molar-refractivity contribution in [2.24, 2.45) is 0 Å². The number of aliphatic hydroxyl groups is 1. The highest BCUT2D eigenvalue weighted by Crippen LogP contribution is 2.38. The predicted molar refractivity (Wildman–Crippen MR) is 69.4 cm³/mol. The van der Waals surface area contributed by atoms with Gasteiger partial charge in [-0.2, -0.15) is 5.26 Å². The number of nitro groups is 1. The van der Waals surface area contributed by atoms with Crippen LogP contribution in [0, 0.1) is 21.4 Å². The van der Waals surface area contributed by atoms with Crippen molar-refractivity contribution < 1.29 is 19.9 Å². The minimum absolute atomic E-state index is 0.0236. The Labute approximate surface area is 115 Å². The molecule has 1 aromatic rings. The topological polar surface area (TPSA) is 129 Å². The number of hydrogen-bond acceptors (Lipinski definition) is 7. The van der Waals surface area contributed by atoms with Crippen molar-refractivity contribution in [1.82, 2.24) is 5.32 Å². The van der Waals surface area contributed by atoms with Crippen LogP contribution in [0.3, 0.4) is 0 Å². The van der Waals surface area contributed by atoms with Crippen LogP contribution >= 0.6 is 0 Å². The minimum atomic E-state index is -0.797. The monoisotopic (exact) mass is 281 g/mol. The van der Waals surface area contributed by atoms with Crippen LogP contribution in [0.1, 0.15) is 18.0 Å². The molecule has 8 nitrogen and oxygen atoms in total. The van der Waals surface area contributed by atoms with Gasteiger partial charge in [0.15, 0.2) is 5.75 Å². The number of ether oxygens (including phenoxy) is 1. The molecule has 0 spiro atoms. The van der Waals surface area contributed by atoms with Gasteiger partial charge in [-0.05, 0) is 24.6 Å². The summed E-state index contributed by atoms with van der Waals surface area (Å²) in [5.41, 5.74) is -0.213. The van der Waals surface area contributed by atoms with Gasteiger partial charge in [-0.3, -0.25) is 15.4 Å². The number of nitro benzene ring substituents is 1. The van der Waals surface area contributed by atoms with Crippen LogP contribution in [-0.4, -0.2) is 35.4 Å². The van der Waals surface area contributed by atoms with Crippen LogP contribution in [-0.2, 0) is 0 Å². The van der Waals surface area contributed by atoms with E-state index >= 15 is 0 Å². The molecule has 1 rings (SSSR count). The fourth-order valence-electron chi connectivity index (χ4n) is 1.64. The summed E-state index contributed by atoms with van der Waals surface area (Å²) in [6, 6.07) is 3.65. The first-order valence-electron chi connectivity index (χ1n) is 5.84. The number of nitriles is 1. The van der Waals surface area contributed by atoms with E-state index in [9.17, 15) is 15.2 Å². The van der Waals surface area contributed by atoms with Gasteiger partial charge in [-0.25, -0.2) is 0 Å². The highest BCUT2D eigenvalue weighted by Gasteiger charge is 2.23. The normalized spacial score (nSPS) is 11.7. The third-order valence-electron chi connectivity index (χ3n) is 2.64. The molecule has 0 fully saturated rings. The van der Waals surface area contributed by atoms with Gasteiger partial charge in [0, 0.05) is 12.7 Å². The molecule has 0 saturated heterocycles. The molecule has 0 bridgehead atoms. The highest BCUT2D eigenvalue weighted by molar-refractivity contribution is 5.58. The number of phenolic OH excluding ortho intramolecular Hbond substituents is 1. The Morgan fingerprint density at radius 2 is 2.30 bits per heavy atom. The van der Waals surface area contributed by atoms with E-state index in [1.54, 1.807) is 0 Å². The molecular formula is C12H15N3O5. The molecule has 0 amide bonds. The molecule has 1 aromatic carbocycles. The molecule has 8 heteroatoms. The first-order chi connectivity index (χ1) is 9.54. The SMILES string of the molecule is COc1cc(C(C#N)NCCCO)cc([N+](=O)[O-])c1O. The van der Waals surface area contributed by atoms with Crippen LogP contribution in [0.2, 0.25) is 0 Å². The van der Waals surface area contributed by atoms with E-state index in [4.69, 9.17) is 15.1 Å². The number of aromatic hydroxyl groups is 1. The maximum absolute atomic E-state index is 10.9. The van der Waals surface area contributed by atoms with Crippen molar-refractivity contribution in [3.63, 3.8) is 0 Å². The number of hydrogen-bond donors (Lipinski definition) is 3. The summed E-state index contributed by atoms with van der Waals surface area (Å²) in [6.45, 7) is 0.357. The van der Waals surface area contributed by atoms with Crippen molar-refractivity contribution in [2.45, 2.75) is 12.5 Å². The number of phenols is 1. The fraction of sp³-hybridized carbons (Fsp3) is 0.417. The molecular weight excluding hydrogens is 266 g/mol. The van der Waals surface area contributed by atoms with Crippen LogP contribution in [0.25, 0.3) is 0 Å². The number of nitrogens with zero attached hydrogens (tertiary/aromatic N) is 2. The molecule has 0 radical (unpaired) electrons. The average Bonchev–Trinajstić information content (AvgIpc) is 2.44. The third-order valence-corrected chi connectivity index (χ3v) is 2.64. The molecule has 1 unspecified atom stereocenters. The van der Waals surface area contributed by atoms with Crippen LogP contribution in [0.5, 0.6) is 11.5 Å². The summed E-state index contributed by atoms with van der Waals surface area (Å²) >= 11 is 0. The zero-order valence-corrected chi connectivity index (χ0v) is 10.9. The lowest BCUT2D eigenvalue weighted by molar-refractivity contribution is -0.386.